The highest BCUT2D eigenvalue weighted by Gasteiger charge is 2.36. The molecule has 1 amide bonds. The van der Waals surface area contributed by atoms with Crippen LogP contribution in [-0.4, -0.2) is 38.9 Å². The summed E-state index contributed by atoms with van der Waals surface area (Å²) in [5, 5.41) is 5.15. The van der Waals surface area contributed by atoms with Gasteiger partial charge in [0.2, 0.25) is 15.9 Å². The van der Waals surface area contributed by atoms with Crippen LogP contribution in [0.4, 0.5) is 0 Å². The van der Waals surface area contributed by atoms with E-state index in [1.54, 1.807) is 6.07 Å². The van der Waals surface area contributed by atoms with Gasteiger partial charge < -0.3 is 9.64 Å². The van der Waals surface area contributed by atoms with Gasteiger partial charge in [0.1, 0.15) is 18.3 Å². The number of nitrogens with zero attached hydrogens (tertiary/aromatic N) is 1. The van der Waals surface area contributed by atoms with Crippen LogP contribution in [0.1, 0.15) is 24.8 Å². The standard InChI is InChI=1S/C14H18N2O4S/c1-9-4-5-16(7-9)14(17)12-8-20-13-3-2-10(6-11(12)13)21(15,18)19/h2-3,6,9,12H,4-5,7-8H2,1H3,(H2,15,18,19). The Hall–Kier alpha value is -1.60. The van der Waals surface area contributed by atoms with Crippen LogP contribution in [0.5, 0.6) is 5.75 Å². The van der Waals surface area contributed by atoms with Gasteiger partial charge in [-0.25, -0.2) is 13.6 Å². The molecule has 114 valence electrons. The van der Waals surface area contributed by atoms with Crippen molar-refractivity contribution in [2.45, 2.75) is 24.2 Å². The van der Waals surface area contributed by atoms with Crippen LogP contribution in [0.2, 0.25) is 0 Å². The Morgan fingerprint density at radius 3 is 2.81 bits per heavy atom. The van der Waals surface area contributed by atoms with E-state index in [2.05, 4.69) is 6.92 Å². The number of carbonyl (C=O) groups excluding carboxylic acids is 1. The monoisotopic (exact) mass is 310 g/mol. The van der Waals surface area contributed by atoms with E-state index in [9.17, 15) is 13.2 Å². The van der Waals surface area contributed by atoms with Crippen molar-refractivity contribution < 1.29 is 17.9 Å². The summed E-state index contributed by atoms with van der Waals surface area (Å²) in [7, 11) is -3.78. The summed E-state index contributed by atoms with van der Waals surface area (Å²) >= 11 is 0. The molecule has 0 aliphatic carbocycles. The minimum absolute atomic E-state index is 0.00432. The number of fused-ring (bicyclic) bond motifs is 1. The van der Waals surface area contributed by atoms with E-state index in [4.69, 9.17) is 9.88 Å². The molecule has 1 aromatic carbocycles. The molecule has 2 atom stereocenters. The Morgan fingerprint density at radius 1 is 1.43 bits per heavy atom. The maximum Gasteiger partial charge on any atom is 0.238 e. The van der Waals surface area contributed by atoms with E-state index in [1.807, 2.05) is 4.90 Å². The van der Waals surface area contributed by atoms with Crippen molar-refractivity contribution >= 4 is 15.9 Å². The van der Waals surface area contributed by atoms with Gasteiger partial charge in [0.25, 0.3) is 0 Å². The fourth-order valence-electron chi connectivity index (χ4n) is 2.93. The zero-order valence-corrected chi connectivity index (χ0v) is 12.6. The topological polar surface area (TPSA) is 89.7 Å². The molecule has 7 heteroatoms. The average molecular weight is 310 g/mol. The van der Waals surface area contributed by atoms with Crippen LogP contribution in [0.15, 0.2) is 23.1 Å². The Kier molecular flexibility index (Phi) is 3.41. The van der Waals surface area contributed by atoms with Crippen molar-refractivity contribution in [1.82, 2.24) is 4.90 Å². The zero-order valence-electron chi connectivity index (χ0n) is 11.8. The van der Waals surface area contributed by atoms with Gasteiger partial charge in [-0.2, -0.15) is 0 Å². The summed E-state index contributed by atoms with van der Waals surface area (Å²) in [6, 6.07) is 4.42. The van der Waals surface area contributed by atoms with Gasteiger partial charge >= 0.3 is 0 Å². The molecule has 2 unspecified atom stereocenters. The van der Waals surface area contributed by atoms with Crippen LogP contribution in [-0.2, 0) is 14.8 Å². The number of sulfonamides is 1. The third-order valence-electron chi connectivity index (χ3n) is 4.12. The van der Waals surface area contributed by atoms with Crippen LogP contribution in [0, 0.1) is 5.92 Å². The van der Waals surface area contributed by atoms with E-state index < -0.39 is 15.9 Å². The van der Waals surface area contributed by atoms with Crippen molar-refractivity contribution in [2.24, 2.45) is 11.1 Å². The lowest BCUT2D eigenvalue weighted by Gasteiger charge is -2.19. The molecule has 1 aromatic rings. The summed E-state index contributed by atoms with van der Waals surface area (Å²) in [6.07, 6.45) is 1.00. The van der Waals surface area contributed by atoms with Crippen molar-refractivity contribution in [1.29, 1.82) is 0 Å². The molecule has 2 aliphatic heterocycles. The summed E-state index contributed by atoms with van der Waals surface area (Å²) in [4.78, 5) is 14.4. The normalized spacial score (nSPS) is 24.8. The number of hydrogen-bond donors (Lipinski definition) is 1. The molecule has 0 aromatic heterocycles. The van der Waals surface area contributed by atoms with Crippen LogP contribution >= 0.6 is 0 Å². The molecule has 2 aliphatic rings. The molecule has 0 saturated carbocycles. The molecule has 21 heavy (non-hydrogen) atoms. The fraction of sp³-hybridized carbons (Fsp3) is 0.500. The van der Waals surface area contributed by atoms with Gasteiger partial charge in [-0.05, 0) is 30.5 Å². The second-order valence-corrected chi connectivity index (χ2v) is 7.35. The van der Waals surface area contributed by atoms with E-state index in [-0.39, 0.29) is 17.4 Å². The third-order valence-corrected chi connectivity index (χ3v) is 5.04. The molecule has 0 bridgehead atoms. The van der Waals surface area contributed by atoms with E-state index in [0.717, 1.165) is 19.5 Å². The number of carbonyl (C=O) groups is 1. The Balaban J connectivity index is 1.90. The molecule has 1 saturated heterocycles. The quantitative estimate of drug-likeness (QED) is 0.869. The lowest BCUT2D eigenvalue weighted by atomic mass is 10.00. The maximum atomic E-state index is 12.6. The molecule has 1 fully saturated rings. The average Bonchev–Trinajstić information content (AvgIpc) is 3.02. The SMILES string of the molecule is CC1CCN(C(=O)C2COc3ccc(S(N)(=O)=O)cc32)C1. The number of ether oxygens (including phenoxy) is 1. The number of nitrogens with two attached hydrogens (primary N) is 1. The lowest BCUT2D eigenvalue weighted by molar-refractivity contribution is -0.132. The third kappa shape index (κ3) is 2.63. The van der Waals surface area contributed by atoms with Gasteiger partial charge in [0.05, 0.1) is 4.90 Å². The van der Waals surface area contributed by atoms with Crippen LogP contribution in [0.3, 0.4) is 0 Å². The van der Waals surface area contributed by atoms with Gasteiger partial charge in [-0.15, -0.1) is 0 Å². The van der Waals surface area contributed by atoms with Crippen molar-refractivity contribution in [2.75, 3.05) is 19.7 Å². The molecule has 0 radical (unpaired) electrons. The van der Waals surface area contributed by atoms with Crippen molar-refractivity contribution in [3.05, 3.63) is 23.8 Å². The Labute approximate surface area is 123 Å². The number of benzene rings is 1. The second-order valence-electron chi connectivity index (χ2n) is 5.79. The fourth-order valence-corrected chi connectivity index (χ4v) is 3.48. The first-order chi connectivity index (χ1) is 9.86. The molecule has 2 N–H and O–H groups in total. The number of primary sulfonamides is 1. The lowest BCUT2D eigenvalue weighted by Crippen LogP contribution is -2.33. The second kappa shape index (κ2) is 4.99. The minimum Gasteiger partial charge on any atom is -0.492 e. The molecular formula is C14H18N2O4S. The van der Waals surface area contributed by atoms with Gasteiger partial charge in [0.15, 0.2) is 0 Å². The Bertz CT molecular complexity index is 686. The first-order valence-corrected chi connectivity index (χ1v) is 8.49. The number of rotatable bonds is 2. The molecular weight excluding hydrogens is 292 g/mol. The zero-order chi connectivity index (χ0) is 15.2. The van der Waals surface area contributed by atoms with E-state index >= 15 is 0 Å². The predicted octanol–water partition coefficient (Wildman–Crippen LogP) is 0.678. The van der Waals surface area contributed by atoms with E-state index in [0.29, 0.717) is 17.2 Å². The molecule has 2 heterocycles. The highest BCUT2D eigenvalue weighted by atomic mass is 32.2. The largest absolute Gasteiger partial charge is 0.492 e. The highest BCUT2D eigenvalue weighted by Crippen LogP contribution is 2.37. The first kappa shape index (κ1) is 14.3. The first-order valence-electron chi connectivity index (χ1n) is 6.94. The van der Waals surface area contributed by atoms with Crippen molar-refractivity contribution in [3.63, 3.8) is 0 Å². The van der Waals surface area contributed by atoms with Crippen molar-refractivity contribution in [3.8, 4) is 5.75 Å². The molecule has 6 nitrogen and oxygen atoms in total. The maximum absolute atomic E-state index is 12.6. The summed E-state index contributed by atoms with van der Waals surface area (Å²) in [5.74, 6) is 0.635. The van der Waals surface area contributed by atoms with E-state index in [1.165, 1.54) is 12.1 Å². The molecule has 0 spiro atoms. The predicted molar refractivity (Wildman–Crippen MR) is 76.4 cm³/mol. The smallest absolute Gasteiger partial charge is 0.238 e. The summed E-state index contributed by atoms with van der Waals surface area (Å²) in [6.45, 7) is 3.87. The number of amides is 1. The number of hydrogen-bond acceptors (Lipinski definition) is 4. The minimum atomic E-state index is -3.78. The van der Waals surface area contributed by atoms with Gasteiger partial charge in [0, 0.05) is 18.7 Å². The van der Waals surface area contributed by atoms with Gasteiger partial charge in [-0.1, -0.05) is 6.92 Å². The highest BCUT2D eigenvalue weighted by molar-refractivity contribution is 7.89. The summed E-state index contributed by atoms with van der Waals surface area (Å²) in [5.41, 5.74) is 0.617. The Morgan fingerprint density at radius 2 is 2.19 bits per heavy atom. The summed E-state index contributed by atoms with van der Waals surface area (Å²) < 4.78 is 28.4. The van der Waals surface area contributed by atoms with Crippen LogP contribution in [0.25, 0.3) is 0 Å². The van der Waals surface area contributed by atoms with Crippen LogP contribution < -0.4 is 9.88 Å². The number of likely N-dealkylation sites (tertiary alicyclic amines) is 1. The molecule has 3 rings (SSSR count). The van der Waals surface area contributed by atoms with Gasteiger partial charge in [-0.3, -0.25) is 4.79 Å².